The summed E-state index contributed by atoms with van der Waals surface area (Å²) < 4.78 is 16.7. The summed E-state index contributed by atoms with van der Waals surface area (Å²) in [5, 5.41) is 2.98. The number of nitrogens with one attached hydrogen (secondary N) is 1. The number of amides is 1. The van der Waals surface area contributed by atoms with Crippen LogP contribution in [-0.4, -0.2) is 62.2 Å². The van der Waals surface area contributed by atoms with E-state index in [1.807, 2.05) is 36.4 Å². The van der Waals surface area contributed by atoms with Gasteiger partial charge < -0.3 is 19.2 Å². The Balaban J connectivity index is 1.33. The highest BCUT2D eigenvalue weighted by atomic mass is 16.5. The van der Waals surface area contributed by atoms with Crippen LogP contribution in [0.1, 0.15) is 33.9 Å². The molecule has 0 unspecified atom stereocenters. The van der Waals surface area contributed by atoms with Crippen molar-refractivity contribution in [2.75, 3.05) is 46.5 Å². The summed E-state index contributed by atoms with van der Waals surface area (Å²) >= 11 is 0. The van der Waals surface area contributed by atoms with Gasteiger partial charge in [-0.05, 0) is 48.4 Å². The third-order valence-electron chi connectivity index (χ3n) is 6.09. The second-order valence-corrected chi connectivity index (χ2v) is 8.81. The van der Waals surface area contributed by atoms with Crippen LogP contribution in [0.15, 0.2) is 71.1 Å². The Kier molecular flexibility index (Phi) is 9.34. The second-order valence-electron chi connectivity index (χ2n) is 8.81. The summed E-state index contributed by atoms with van der Waals surface area (Å²) in [6.45, 7) is 7.19. The van der Waals surface area contributed by atoms with E-state index in [9.17, 15) is 4.79 Å². The minimum Gasteiger partial charge on any atom is -0.497 e. The molecule has 0 saturated carbocycles. The molecule has 1 fully saturated rings. The van der Waals surface area contributed by atoms with Gasteiger partial charge in [-0.2, -0.15) is 0 Å². The van der Waals surface area contributed by atoms with E-state index in [1.165, 1.54) is 5.56 Å². The molecule has 1 aliphatic heterocycles. The van der Waals surface area contributed by atoms with Gasteiger partial charge in [-0.3, -0.25) is 14.6 Å². The largest absolute Gasteiger partial charge is 0.497 e. The first-order valence-corrected chi connectivity index (χ1v) is 12.3. The number of morpholine rings is 1. The molecule has 2 heterocycles. The average molecular weight is 478 g/mol. The predicted octanol–water partition coefficient (Wildman–Crippen LogP) is 3.94. The van der Waals surface area contributed by atoms with E-state index < -0.39 is 0 Å². The van der Waals surface area contributed by atoms with E-state index in [2.05, 4.69) is 39.4 Å². The molecular formula is C28H35N3O4. The molecule has 7 heteroatoms. The molecule has 0 radical (unpaired) electrons. The fourth-order valence-corrected chi connectivity index (χ4v) is 4.26. The third kappa shape index (κ3) is 7.96. The normalized spacial score (nSPS) is 14.2. The summed E-state index contributed by atoms with van der Waals surface area (Å²) in [7, 11) is 1.68. The van der Waals surface area contributed by atoms with Gasteiger partial charge in [0.1, 0.15) is 11.5 Å². The van der Waals surface area contributed by atoms with Crippen molar-refractivity contribution < 1.29 is 18.7 Å². The number of carbonyl (C=O) groups is 1. The Morgan fingerprint density at radius 1 is 0.971 bits per heavy atom. The molecule has 1 aliphatic rings. The first kappa shape index (κ1) is 25.0. The predicted molar refractivity (Wildman–Crippen MR) is 135 cm³/mol. The highest BCUT2D eigenvalue weighted by Gasteiger charge is 2.15. The number of hydrogen-bond donors (Lipinski definition) is 1. The Bertz CT molecular complexity index is 1050. The molecule has 0 aliphatic carbocycles. The number of hydrogen-bond acceptors (Lipinski definition) is 6. The lowest BCUT2D eigenvalue weighted by Gasteiger charge is -2.26. The van der Waals surface area contributed by atoms with Crippen LogP contribution < -0.4 is 10.1 Å². The molecule has 35 heavy (non-hydrogen) atoms. The number of furan rings is 1. The van der Waals surface area contributed by atoms with Gasteiger partial charge in [-0.1, -0.05) is 42.5 Å². The van der Waals surface area contributed by atoms with E-state index >= 15 is 0 Å². The number of rotatable bonds is 12. The van der Waals surface area contributed by atoms with Crippen LogP contribution in [0, 0.1) is 0 Å². The minimum atomic E-state index is -0.166. The summed E-state index contributed by atoms with van der Waals surface area (Å²) in [5.74, 6) is 1.79. The van der Waals surface area contributed by atoms with Crippen molar-refractivity contribution in [3.63, 3.8) is 0 Å². The van der Waals surface area contributed by atoms with Crippen molar-refractivity contribution in [2.45, 2.75) is 26.1 Å². The van der Waals surface area contributed by atoms with Gasteiger partial charge >= 0.3 is 0 Å². The molecule has 4 rings (SSSR count). The van der Waals surface area contributed by atoms with Crippen molar-refractivity contribution in [2.24, 2.45) is 0 Å². The lowest BCUT2D eigenvalue weighted by Crippen LogP contribution is -2.38. The van der Waals surface area contributed by atoms with Gasteiger partial charge in [0.2, 0.25) is 0 Å². The van der Waals surface area contributed by atoms with E-state index in [1.54, 1.807) is 13.2 Å². The average Bonchev–Trinajstić information content (AvgIpc) is 3.36. The molecule has 1 N–H and O–H groups in total. The number of nitrogens with zero attached hydrogens (tertiary/aromatic N) is 2. The standard InChI is InChI=1S/C28H35N3O4/c1-33-25-10-5-9-24(19-25)21-31(20-23-7-3-2-4-8-23)22-26-11-12-27(35-26)28(32)29-13-6-14-30-15-17-34-18-16-30/h2-5,7-12,19H,6,13-18,20-22H2,1H3,(H,29,32). The molecular weight excluding hydrogens is 442 g/mol. The highest BCUT2D eigenvalue weighted by Crippen LogP contribution is 2.19. The maximum absolute atomic E-state index is 12.6. The van der Waals surface area contributed by atoms with Crippen molar-refractivity contribution in [1.82, 2.24) is 15.1 Å². The van der Waals surface area contributed by atoms with Crippen molar-refractivity contribution in [1.29, 1.82) is 0 Å². The lowest BCUT2D eigenvalue weighted by atomic mass is 10.1. The van der Waals surface area contributed by atoms with E-state index in [-0.39, 0.29) is 5.91 Å². The molecule has 0 atom stereocenters. The molecule has 3 aromatic rings. The lowest BCUT2D eigenvalue weighted by molar-refractivity contribution is 0.0374. The maximum atomic E-state index is 12.6. The molecule has 1 aromatic heterocycles. The van der Waals surface area contributed by atoms with Crippen molar-refractivity contribution in [3.8, 4) is 5.75 Å². The molecule has 0 bridgehead atoms. The molecule has 1 saturated heterocycles. The van der Waals surface area contributed by atoms with Crippen LogP contribution in [0.2, 0.25) is 0 Å². The maximum Gasteiger partial charge on any atom is 0.286 e. The fraction of sp³-hybridized carbons (Fsp3) is 0.393. The van der Waals surface area contributed by atoms with Gasteiger partial charge in [0, 0.05) is 32.7 Å². The monoisotopic (exact) mass is 477 g/mol. The zero-order chi connectivity index (χ0) is 24.3. The highest BCUT2D eigenvalue weighted by molar-refractivity contribution is 5.91. The Hall–Kier alpha value is -3.13. The second kappa shape index (κ2) is 13.1. The number of methoxy groups -OCH3 is 1. The van der Waals surface area contributed by atoms with Crippen LogP contribution in [0.25, 0.3) is 0 Å². The SMILES string of the molecule is COc1cccc(CN(Cc2ccccc2)Cc2ccc(C(=O)NCCCN3CCOCC3)o2)c1. The van der Waals surface area contributed by atoms with Crippen LogP contribution in [0.3, 0.4) is 0 Å². The molecule has 0 spiro atoms. The zero-order valence-electron chi connectivity index (χ0n) is 20.4. The van der Waals surface area contributed by atoms with Gasteiger partial charge in [0.15, 0.2) is 5.76 Å². The summed E-state index contributed by atoms with van der Waals surface area (Å²) in [5.41, 5.74) is 2.38. The van der Waals surface area contributed by atoms with Crippen molar-refractivity contribution >= 4 is 5.91 Å². The first-order valence-electron chi connectivity index (χ1n) is 12.3. The van der Waals surface area contributed by atoms with Crippen LogP contribution in [-0.2, 0) is 24.4 Å². The molecule has 2 aromatic carbocycles. The van der Waals surface area contributed by atoms with Gasteiger partial charge in [0.05, 0.1) is 26.9 Å². The summed E-state index contributed by atoms with van der Waals surface area (Å²) in [4.78, 5) is 17.2. The summed E-state index contributed by atoms with van der Waals surface area (Å²) in [6, 6.07) is 22.1. The van der Waals surface area contributed by atoms with Crippen LogP contribution in [0.5, 0.6) is 5.75 Å². The molecule has 186 valence electrons. The Labute approximate surface area is 207 Å². The molecule has 1 amide bonds. The topological polar surface area (TPSA) is 67.2 Å². The molecule has 7 nitrogen and oxygen atoms in total. The third-order valence-corrected chi connectivity index (χ3v) is 6.09. The van der Waals surface area contributed by atoms with Gasteiger partial charge in [-0.25, -0.2) is 0 Å². The number of benzene rings is 2. The zero-order valence-corrected chi connectivity index (χ0v) is 20.4. The number of carbonyl (C=O) groups excluding carboxylic acids is 1. The van der Waals surface area contributed by atoms with Gasteiger partial charge in [0.25, 0.3) is 5.91 Å². The van der Waals surface area contributed by atoms with Crippen molar-refractivity contribution in [3.05, 3.63) is 89.4 Å². The first-order chi connectivity index (χ1) is 17.2. The summed E-state index contributed by atoms with van der Waals surface area (Å²) in [6.07, 6.45) is 0.907. The van der Waals surface area contributed by atoms with Gasteiger partial charge in [-0.15, -0.1) is 0 Å². The smallest absolute Gasteiger partial charge is 0.286 e. The van der Waals surface area contributed by atoms with Crippen LogP contribution >= 0.6 is 0 Å². The quantitative estimate of drug-likeness (QED) is 0.399. The minimum absolute atomic E-state index is 0.166. The van der Waals surface area contributed by atoms with E-state index in [0.29, 0.717) is 18.8 Å². The number of ether oxygens (including phenoxy) is 2. The van der Waals surface area contributed by atoms with E-state index in [4.69, 9.17) is 13.9 Å². The Morgan fingerprint density at radius 3 is 2.54 bits per heavy atom. The Morgan fingerprint density at radius 2 is 1.74 bits per heavy atom. The van der Waals surface area contributed by atoms with E-state index in [0.717, 1.165) is 69.4 Å². The van der Waals surface area contributed by atoms with Crippen LogP contribution in [0.4, 0.5) is 0 Å². The fourth-order valence-electron chi connectivity index (χ4n) is 4.26.